The molecule has 0 aliphatic carbocycles. The lowest BCUT2D eigenvalue weighted by Crippen LogP contribution is -2.30. The standard InChI is InChI=1S/C11H16F2N2O/c1-7(16-2)5-11(15-14)8-3-4-9(12)10(13)6-8/h3-4,6-7,11,15H,5,14H2,1-2H3. The minimum absolute atomic E-state index is 0.0193. The maximum absolute atomic E-state index is 13.0. The fourth-order valence-electron chi connectivity index (χ4n) is 1.46. The summed E-state index contributed by atoms with van der Waals surface area (Å²) in [6, 6.07) is 3.48. The molecule has 0 spiro atoms. The van der Waals surface area contributed by atoms with Gasteiger partial charge < -0.3 is 4.74 Å². The molecule has 0 amide bonds. The number of halogens is 2. The molecule has 90 valence electrons. The lowest BCUT2D eigenvalue weighted by Gasteiger charge is -2.19. The van der Waals surface area contributed by atoms with Gasteiger partial charge in [-0.25, -0.2) is 8.78 Å². The zero-order chi connectivity index (χ0) is 12.1. The monoisotopic (exact) mass is 230 g/mol. The molecule has 0 aliphatic heterocycles. The van der Waals surface area contributed by atoms with E-state index in [1.165, 1.54) is 6.07 Å². The van der Waals surface area contributed by atoms with Crippen LogP contribution in [0.4, 0.5) is 8.78 Å². The smallest absolute Gasteiger partial charge is 0.159 e. The van der Waals surface area contributed by atoms with Gasteiger partial charge in [0, 0.05) is 13.2 Å². The topological polar surface area (TPSA) is 47.3 Å². The predicted molar refractivity (Wildman–Crippen MR) is 57.5 cm³/mol. The SMILES string of the molecule is COC(C)CC(NN)c1ccc(F)c(F)c1. The largest absolute Gasteiger partial charge is 0.382 e. The average Bonchev–Trinajstić information content (AvgIpc) is 2.29. The summed E-state index contributed by atoms with van der Waals surface area (Å²) in [5.74, 6) is 3.64. The summed E-state index contributed by atoms with van der Waals surface area (Å²) in [6.45, 7) is 1.88. The third kappa shape index (κ3) is 3.23. The van der Waals surface area contributed by atoms with Crippen molar-refractivity contribution in [2.75, 3.05) is 7.11 Å². The van der Waals surface area contributed by atoms with Crippen LogP contribution >= 0.6 is 0 Å². The second-order valence-corrected chi connectivity index (χ2v) is 3.67. The van der Waals surface area contributed by atoms with Crippen LogP contribution in [0, 0.1) is 11.6 Å². The van der Waals surface area contributed by atoms with Crippen LogP contribution in [-0.4, -0.2) is 13.2 Å². The first-order valence-corrected chi connectivity index (χ1v) is 5.02. The summed E-state index contributed by atoms with van der Waals surface area (Å²) in [5.41, 5.74) is 3.16. The van der Waals surface area contributed by atoms with Crippen LogP contribution in [0.2, 0.25) is 0 Å². The summed E-state index contributed by atoms with van der Waals surface area (Å²) < 4.78 is 30.9. The van der Waals surface area contributed by atoms with Crippen molar-refractivity contribution in [2.45, 2.75) is 25.5 Å². The van der Waals surface area contributed by atoms with Gasteiger partial charge in [0.15, 0.2) is 11.6 Å². The molecule has 1 rings (SSSR count). The van der Waals surface area contributed by atoms with E-state index >= 15 is 0 Å². The van der Waals surface area contributed by atoms with Crippen molar-refractivity contribution in [3.63, 3.8) is 0 Å². The van der Waals surface area contributed by atoms with Crippen LogP contribution in [0.15, 0.2) is 18.2 Å². The highest BCUT2D eigenvalue weighted by molar-refractivity contribution is 5.21. The van der Waals surface area contributed by atoms with Crippen LogP contribution in [0.3, 0.4) is 0 Å². The van der Waals surface area contributed by atoms with Gasteiger partial charge in [-0.2, -0.15) is 0 Å². The molecular weight excluding hydrogens is 214 g/mol. The van der Waals surface area contributed by atoms with Gasteiger partial charge in [0.05, 0.1) is 6.10 Å². The van der Waals surface area contributed by atoms with E-state index in [9.17, 15) is 8.78 Å². The molecule has 0 saturated carbocycles. The Hall–Kier alpha value is -1.04. The molecular formula is C11H16F2N2O. The zero-order valence-corrected chi connectivity index (χ0v) is 9.34. The molecule has 0 aromatic heterocycles. The van der Waals surface area contributed by atoms with Gasteiger partial charge in [-0.3, -0.25) is 11.3 Å². The third-order valence-electron chi connectivity index (χ3n) is 2.52. The van der Waals surface area contributed by atoms with E-state index in [2.05, 4.69) is 5.43 Å². The Kier molecular flexibility index (Phi) is 4.79. The Morgan fingerprint density at radius 1 is 1.38 bits per heavy atom. The molecule has 1 aromatic carbocycles. The Morgan fingerprint density at radius 2 is 2.06 bits per heavy atom. The van der Waals surface area contributed by atoms with Gasteiger partial charge in [-0.05, 0) is 31.0 Å². The van der Waals surface area contributed by atoms with Gasteiger partial charge in [-0.15, -0.1) is 0 Å². The summed E-state index contributed by atoms with van der Waals surface area (Å²) in [6.07, 6.45) is 0.562. The second kappa shape index (κ2) is 5.89. The second-order valence-electron chi connectivity index (χ2n) is 3.67. The Bertz CT molecular complexity index is 347. The number of rotatable bonds is 5. The van der Waals surface area contributed by atoms with Crippen molar-refractivity contribution < 1.29 is 13.5 Å². The Balaban J connectivity index is 2.82. The molecule has 16 heavy (non-hydrogen) atoms. The van der Waals surface area contributed by atoms with Crippen LogP contribution in [0.25, 0.3) is 0 Å². The van der Waals surface area contributed by atoms with Crippen molar-refractivity contribution in [1.82, 2.24) is 5.43 Å². The minimum atomic E-state index is -0.872. The molecule has 0 saturated heterocycles. The van der Waals surface area contributed by atoms with Crippen LogP contribution in [-0.2, 0) is 4.74 Å². The van der Waals surface area contributed by atoms with Crippen molar-refractivity contribution in [3.8, 4) is 0 Å². The lowest BCUT2D eigenvalue weighted by atomic mass is 10.0. The lowest BCUT2D eigenvalue weighted by molar-refractivity contribution is 0.100. The van der Waals surface area contributed by atoms with Gasteiger partial charge in [0.25, 0.3) is 0 Å². The highest BCUT2D eigenvalue weighted by Gasteiger charge is 2.15. The highest BCUT2D eigenvalue weighted by Crippen LogP contribution is 2.20. The number of nitrogens with one attached hydrogen (secondary N) is 1. The van der Waals surface area contributed by atoms with E-state index in [-0.39, 0.29) is 12.1 Å². The zero-order valence-electron chi connectivity index (χ0n) is 9.34. The number of hydrogen-bond acceptors (Lipinski definition) is 3. The Labute approximate surface area is 93.6 Å². The van der Waals surface area contributed by atoms with Crippen molar-refractivity contribution >= 4 is 0 Å². The quantitative estimate of drug-likeness (QED) is 0.600. The van der Waals surface area contributed by atoms with E-state index in [0.29, 0.717) is 12.0 Å². The molecule has 0 aliphatic rings. The molecule has 1 aromatic rings. The molecule has 5 heteroatoms. The number of hydrazine groups is 1. The van der Waals surface area contributed by atoms with Crippen LogP contribution in [0.5, 0.6) is 0 Å². The average molecular weight is 230 g/mol. The van der Waals surface area contributed by atoms with Gasteiger partial charge >= 0.3 is 0 Å². The first kappa shape index (κ1) is 13.0. The van der Waals surface area contributed by atoms with Gasteiger partial charge in [0.1, 0.15) is 0 Å². The van der Waals surface area contributed by atoms with E-state index < -0.39 is 11.6 Å². The molecule has 2 unspecified atom stereocenters. The molecule has 0 bridgehead atoms. The normalized spacial score (nSPS) is 14.8. The number of nitrogens with two attached hydrogens (primary N) is 1. The maximum atomic E-state index is 13.0. The van der Waals surface area contributed by atoms with E-state index in [1.54, 1.807) is 7.11 Å². The molecule has 0 radical (unpaired) electrons. The highest BCUT2D eigenvalue weighted by atomic mass is 19.2. The van der Waals surface area contributed by atoms with Gasteiger partial charge in [-0.1, -0.05) is 6.07 Å². The molecule has 0 heterocycles. The van der Waals surface area contributed by atoms with E-state index in [0.717, 1.165) is 12.1 Å². The van der Waals surface area contributed by atoms with E-state index in [4.69, 9.17) is 10.6 Å². The fraction of sp³-hybridized carbons (Fsp3) is 0.455. The molecule has 0 fully saturated rings. The summed E-state index contributed by atoms with van der Waals surface area (Å²) in [5, 5.41) is 0. The van der Waals surface area contributed by atoms with Gasteiger partial charge in [0.2, 0.25) is 0 Å². The van der Waals surface area contributed by atoms with Crippen LogP contribution in [0.1, 0.15) is 24.9 Å². The van der Waals surface area contributed by atoms with Crippen molar-refractivity contribution in [3.05, 3.63) is 35.4 Å². The summed E-state index contributed by atoms with van der Waals surface area (Å²) >= 11 is 0. The molecule has 3 N–H and O–H groups in total. The third-order valence-corrected chi connectivity index (χ3v) is 2.52. The number of hydrogen-bond donors (Lipinski definition) is 2. The van der Waals surface area contributed by atoms with E-state index in [1.807, 2.05) is 6.92 Å². The number of methoxy groups -OCH3 is 1. The maximum Gasteiger partial charge on any atom is 0.159 e. The number of ether oxygens (including phenoxy) is 1. The van der Waals surface area contributed by atoms with Crippen molar-refractivity contribution in [2.24, 2.45) is 5.84 Å². The molecule has 3 nitrogen and oxygen atoms in total. The minimum Gasteiger partial charge on any atom is -0.382 e. The summed E-state index contributed by atoms with van der Waals surface area (Å²) in [4.78, 5) is 0. The van der Waals surface area contributed by atoms with Crippen LogP contribution < -0.4 is 11.3 Å². The fourth-order valence-corrected chi connectivity index (χ4v) is 1.46. The first-order valence-electron chi connectivity index (χ1n) is 5.02. The Morgan fingerprint density at radius 3 is 2.56 bits per heavy atom. The predicted octanol–water partition coefficient (Wildman–Crippen LogP) is 1.89. The van der Waals surface area contributed by atoms with Crippen molar-refractivity contribution in [1.29, 1.82) is 0 Å². The number of benzene rings is 1. The molecule has 2 atom stereocenters. The summed E-state index contributed by atoms with van der Waals surface area (Å²) in [7, 11) is 1.59. The first-order chi connectivity index (χ1) is 7.58.